The number of aryl methyl sites for hydroxylation is 1. The van der Waals surface area contributed by atoms with E-state index >= 15 is 0 Å². The molecule has 1 fully saturated rings. The minimum atomic E-state index is -3.82. The number of carbonyl (C=O) groups is 1. The van der Waals surface area contributed by atoms with E-state index in [1.165, 1.54) is 10.4 Å². The molecule has 1 aliphatic heterocycles. The Labute approximate surface area is 175 Å². The van der Waals surface area contributed by atoms with Gasteiger partial charge in [-0.2, -0.15) is 4.31 Å². The van der Waals surface area contributed by atoms with Gasteiger partial charge in [0, 0.05) is 23.8 Å². The monoisotopic (exact) mass is 438 g/mol. The number of carbonyl (C=O) groups excluding carboxylic acids is 1. The van der Waals surface area contributed by atoms with E-state index in [-0.39, 0.29) is 22.3 Å². The number of rotatable bonds is 4. The number of anilines is 1. The van der Waals surface area contributed by atoms with Crippen molar-refractivity contribution in [2.45, 2.75) is 32.1 Å². The van der Waals surface area contributed by atoms with Gasteiger partial charge in [0.25, 0.3) is 5.91 Å². The number of piperidine rings is 1. The molecular formula is C21H24ClFN2O3S. The minimum Gasteiger partial charge on any atom is -0.322 e. The predicted octanol–water partition coefficient (Wildman–Crippen LogP) is 4.71. The third-order valence-corrected chi connectivity index (χ3v) is 7.32. The smallest absolute Gasteiger partial charge is 0.258 e. The van der Waals surface area contributed by atoms with Crippen LogP contribution in [0, 0.1) is 24.6 Å². The van der Waals surface area contributed by atoms with Crippen LogP contribution >= 0.6 is 11.6 Å². The maximum absolute atomic E-state index is 14.3. The summed E-state index contributed by atoms with van der Waals surface area (Å²) >= 11 is 6.06. The Kier molecular flexibility index (Phi) is 6.31. The molecule has 2 atom stereocenters. The van der Waals surface area contributed by atoms with Gasteiger partial charge in [0.05, 0.1) is 10.5 Å². The number of hydrogen-bond donors (Lipinski definition) is 1. The summed E-state index contributed by atoms with van der Waals surface area (Å²) in [6.07, 6.45) is 0.961. The van der Waals surface area contributed by atoms with E-state index in [0.29, 0.717) is 23.8 Å². The van der Waals surface area contributed by atoms with E-state index < -0.39 is 21.7 Å². The Morgan fingerprint density at radius 3 is 2.41 bits per heavy atom. The zero-order valence-electron chi connectivity index (χ0n) is 16.6. The molecule has 2 aromatic carbocycles. The van der Waals surface area contributed by atoms with Crippen molar-refractivity contribution in [3.8, 4) is 0 Å². The predicted molar refractivity (Wildman–Crippen MR) is 112 cm³/mol. The van der Waals surface area contributed by atoms with Crippen molar-refractivity contribution in [3.05, 3.63) is 58.4 Å². The summed E-state index contributed by atoms with van der Waals surface area (Å²) in [7, 11) is -3.82. The highest BCUT2D eigenvalue weighted by Gasteiger charge is 2.32. The Morgan fingerprint density at radius 2 is 1.79 bits per heavy atom. The zero-order valence-corrected chi connectivity index (χ0v) is 18.1. The Morgan fingerprint density at radius 1 is 1.14 bits per heavy atom. The molecule has 0 bridgehead atoms. The number of nitrogens with one attached hydrogen (secondary N) is 1. The van der Waals surface area contributed by atoms with Gasteiger partial charge in [-0.1, -0.05) is 31.5 Å². The molecule has 156 valence electrons. The van der Waals surface area contributed by atoms with Gasteiger partial charge in [0.1, 0.15) is 5.82 Å². The van der Waals surface area contributed by atoms with E-state index in [4.69, 9.17) is 11.6 Å². The van der Waals surface area contributed by atoms with Crippen molar-refractivity contribution in [1.82, 2.24) is 4.31 Å². The van der Waals surface area contributed by atoms with Crippen LogP contribution in [0.5, 0.6) is 0 Å². The lowest BCUT2D eigenvalue weighted by Gasteiger charge is -2.34. The Bertz CT molecular complexity index is 1030. The van der Waals surface area contributed by atoms with E-state index in [1.807, 2.05) is 20.8 Å². The molecule has 0 spiro atoms. The lowest BCUT2D eigenvalue weighted by molar-refractivity contribution is 0.102. The topological polar surface area (TPSA) is 66.5 Å². The lowest BCUT2D eigenvalue weighted by atomic mass is 9.94. The molecule has 0 aliphatic carbocycles. The van der Waals surface area contributed by atoms with Gasteiger partial charge in [-0.3, -0.25) is 4.79 Å². The highest BCUT2D eigenvalue weighted by molar-refractivity contribution is 7.89. The van der Waals surface area contributed by atoms with Crippen molar-refractivity contribution in [1.29, 1.82) is 0 Å². The van der Waals surface area contributed by atoms with E-state index in [0.717, 1.165) is 24.1 Å². The van der Waals surface area contributed by atoms with Gasteiger partial charge in [0.2, 0.25) is 10.0 Å². The molecule has 0 radical (unpaired) electrons. The van der Waals surface area contributed by atoms with Gasteiger partial charge < -0.3 is 5.32 Å². The lowest BCUT2D eigenvalue weighted by Crippen LogP contribution is -2.42. The molecule has 1 heterocycles. The average Bonchev–Trinajstić information content (AvgIpc) is 2.64. The maximum atomic E-state index is 14.3. The number of halogens is 2. The largest absolute Gasteiger partial charge is 0.322 e. The Hall–Kier alpha value is -1.96. The molecule has 0 aromatic heterocycles. The van der Waals surface area contributed by atoms with Crippen molar-refractivity contribution >= 4 is 33.2 Å². The second kappa shape index (κ2) is 8.42. The molecule has 1 amide bonds. The SMILES string of the molecule is Cc1ccc(NC(=O)c2cc(S(=O)(=O)N3C[C@H](C)C[C@@H](C)C3)ccc2F)cc1Cl. The summed E-state index contributed by atoms with van der Waals surface area (Å²) in [4.78, 5) is 12.5. The second-order valence-electron chi connectivity index (χ2n) is 7.83. The van der Waals surface area contributed by atoms with Crippen LogP contribution in [-0.2, 0) is 10.0 Å². The highest BCUT2D eigenvalue weighted by atomic mass is 35.5. The van der Waals surface area contributed by atoms with Gasteiger partial charge in [-0.25, -0.2) is 12.8 Å². The Balaban J connectivity index is 1.89. The second-order valence-corrected chi connectivity index (χ2v) is 10.2. The first kappa shape index (κ1) is 21.7. The van der Waals surface area contributed by atoms with Crippen molar-refractivity contribution in [3.63, 3.8) is 0 Å². The fourth-order valence-corrected chi connectivity index (χ4v) is 5.55. The normalized spacial score (nSPS) is 20.4. The third kappa shape index (κ3) is 4.79. The van der Waals surface area contributed by atoms with Crippen molar-refractivity contribution in [2.24, 2.45) is 11.8 Å². The molecule has 0 saturated carbocycles. The maximum Gasteiger partial charge on any atom is 0.258 e. The fraction of sp³-hybridized carbons (Fsp3) is 0.381. The quantitative estimate of drug-likeness (QED) is 0.751. The summed E-state index contributed by atoms with van der Waals surface area (Å²) in [6, 6.07) is 8.25. The molecule has 0 unspecified atom stereocenters. The standard InChI is InChI=1S/C21H24ClFN2O3S/c1-13-8-14(2)12-25(11-13)29(27,28)17-6-7-20(23)18(10-17)21(26)24-16-5-4-15(3)19(22)9-16/h4-7,9-10,13-14H,8,11-12H2,1-3H3,(H,24,26)/t13-,14-/m1/s1. The first-order valence-corrected chi connectivity index (χ1v) is 11.3. The molecular weight excluding hydrogens is 415 g/mol. The molecule has 3 rings (SSSR count). The summed E-state index contributed by atoms with van der Waals surface area (Å²) in [5, 5.41) is 3.03. The van der Waals surface area contributed by atoms with Crippen LogP contribution in [-0.4, -0.2) is 31.7 Å². The molecule has 1 saturated heterocycles. The summed E-state index contributed by atoms with van der Waals surface area (Å²) in [5.41, 5.74) is 0.909. The first-order chi connectivity index (χ1) is 13.6. The van der Waals surface area contributed by atoms with Crippen LogP contribution in [0.3, 0.4) is 0 Å². The number of amides is 1. The molecule has 5 nitrogen and oxygen atoms in total. The van der Waals surface area contributed by atoms with Crippen LogP contribution in [0.4, 0.5) is 10.1 Å². The van der Waals surface area contributed by atoms with Crippen molar-refractivity contribution < 1.29 is 17.6 Å². The fourth-order valence-electron chi connectivity index (χ4n) is 3.66. The minimum absolute atomic E-state index is 0.0905. The highest BCUT2D eigenvalue weighted by Crippen LogP contribution is 2.28. The van der Waals surface area contributed by atoms with Crippen LogP contribution in [0.2, 0.25) is 5.02 Å². The summed E-state index contributed by atoms with van der Waals surface area (Å²) < 4.78 is 41.9. The number of nitrogens with zero attached hydrogens (tertiary/aromatic N) is 1. The van der Waals surface area contributed by atoms with Gasteiger partial charge in [-0.05, 0) is 61.1 Å². The van der Waals surface area contributed by atoms with Gasteiger partial charge in [0.15, 0.2) is 0 Å². The molecule has 1 aliphatic rings. The van der Waals surface area contributed by atoms with E-state index in [9.17, 15) is 17.6 Å². The zero-order chi connectivity index (χ0) is 21.3. The van der Waals surface area contributed by atoms with E-state index in [2.05, 4.69) is 5.32 Å². The molecule has 1 N–H and O–H groups in total. The summed E-state index contributed by atoms with van der Waals surface area (Å²) in [5.74, 6) is -1.05. The summed E-state index contributed by atoms with van der Waals surface area (Å²) in [6.45, 7) is 6.66. The number of benzene rings is 2. The average molecular weight is 439 g/mol. The molecule has 8 heteroatoms. The van der Waals surface area contributed by atoms with Crippen LogP contribution < -0.4 is 5.32 Å². The van der Waals surface area contributed by atoms with Gasteiger partial charge in [-0.15, -0.1) is 0 Å². The third-order valence-electron chi connectivity index (χ3n) is 5.09. The molecule has 29 heavy (non-hydrogen) atoms. The first-order valence-electron chi connectivity index (χ1n) is 9.45. The van der Waals surface area contributed by atoms with Crippen molar-refractivity contribution in [2.75, 3.05) is 18.4 Å². The number of hydrogen-bond acceptors (Lipinski definition) is 3. The van der Waals surface area contributed by atoms with E-state index in [1.54, 1.807) is 18.2 Å². The molecule has 2 aromatic rings. The van der Waals surface area contributed by atoms with Crippen LogP contribution in [0.25, 0.3) is 0 Å². The van der Waals surface area contributed by atoms with Gasteiger partial charge >= 0.3 is 0 Å². The number of sulfonamides is 1. The van der Waals surface area contributed by atoms with Crippen LogP contribution in [0.1, 0.15) is 36.2 Å². The van der Waals surface area contributed by atoms with Crippen LogP contribution in [0.15, 0.2) is 41.3 Å².